The second-order valence-electron chi connectivity index (χ2n) is 7.13. The number of carbonyl (C=O) groups is 2. The van der Waals surface area contributed by atoms with E-state index >= 15 is 0 Å². The molecule has 6 heteroatoms. The van der Waals surface area contributed by atoms with Crippen LogP contribution in [0.25, 0.3) is 0 Å². The van der Waals surface area contributed by atoms with Crippen molar-refractivity contribution in [1.82, 2.24) is 0 Å². The van der Waals surface area contributed by atoms with Crippen LogP contribution in [0.1, 0.15) is 46.0 Å². The highest BCUT2D eigenvalue weighted by Crippen LogP contribution is 2.25. The fourth-order valence-corrected chi connectivity index (χ4v) is 3.29. The zero-order chi connectivity index (χ0) is 22.8. The molecule has 0 spiro atoms. The second kappa shape index (κ2) is 12.1. The summed E-state index contributed by atoms with van der Waals surface area (Å²) in [5.41, 5.74) is 1.88. The minimum absolute atomic E-state index is 0.315. The van der Waals surface area contributed by atoms with Gasteiger partial charge in [-0.25, -0.2) is 9.59 Å². The summed E-state index contributed by atoms with van der Waals surface area (Å²) in [5.74, 6) is -0.155. The molecule has 0 amide bonds. The van der Waals surface area contributed by atoms with Gasteiger partial charge in [0.15, 0.2) is 0 Å². The monoisotopic (exact) mass is 496 g/mol. The zero-order valence-corrected chi connectivity index (χ0v) is 19.5. The molecule has 0 N–H and O–H groups in total. The molecule has 0 unspecified atom stereocenters. The summed E-state index contributed by atoms with van der Waals surface area (Å²) < 4.78 is 17.3. The topological polar surface area (TPSA) is 61.8 Å². The highest BCUT2D eigenvalue weighted by atomic mass is 79.9. The molecule has 3 aromatic carbocycles. The van der Waals surface area contributed by atoms with Crippen LogP contribution in [0, 0.1) is 0 Å². The van der Waals surface area contributed by atoms with E-state index in [9.17, 15) is 9.59 Å². The van der Waals surface area contributed by atoms with Gasteiger partial charge in [-0.3, -0.25) is 0 Å². The zero-order valence-electron chi connectivity index (χ0n) is 17.9. The standard InChI is InChI=1S/C26H25BrO5/c1-2-3-16-31-25(28)20-9-12-22(13-10-20)32-26(29)23-18-21(27)11-14-24(23)30-17-15-19-7-5-4-6-8-19/h4-14,18H,2-3,15-17H2,1H3. The molecule has 0 aliphatic rings. The van der Waals surface area contributed by atoms with Crippen LogP contribution in [-0.2, 0) is 11.2 Å². The van der Waals surface area contributed by atoms with Crippen molar-refractivity contribution in [3.8, 4) is 11.5 Å². The molecule has 0 atom stereocenters. The van der Waals surface area contributed by atoms with Crippen LogP contribution in [0.4, 0.5) is 0 Å². The number of carbonyl (C=O) groups excluding carboxylic acids is 2. The Hall–Kier alpha value is -3.12. The maximum Gasteiger partial charge on any atom is 0.347 e. The normalized spacial score (nSPS) is 10.4. The lowest BCUT2D eigenvalue weighted by molar-refractivity contribution is 0.0499. The van der Waals surface area contributed by atoms with Gasteiger partial charge in [-0.05, 0) is 54.4 Å². The summed E-state index contributed by atoms with van der Waals surface area (Å²) in [7, 11) is 0. The number of ether oxygens (including phenoxy) is 3. The van der Waals surface area contributed by atoms with Gasteiger partial charge in [-0.15, -0.1) is 0 Å². The molecule has 0 heterocycles. The van der Waals surface area contributed by atoms with Crippen molar-refractivity contribution in [2.45, 2.75) is 26.2 Å². The highest BCUT2D eigenvalue weighted by Gasteiger charge is 2.17. The predicted molar refractivity (Wildman–Crippen MR) is 126 cm³/mol. The number of hydrogen-bond acceptors (Lipinski definition) is 5. The van der Waals surface area contributed by atoms with Crippen molar-refractivity contribution in [3.05, 3.63) is 94.0 Å². The summed E-state index contributed by atoms with van der Waals surface area (Å²) in [6, 6.07) is 21.5. The summed E-state index contributed by atoms with van der Waals surface area (Å²) >= 11 is 3.39. The smallest absolute Gasteiger partial charge is 0.347 e. The van der Waals surface area contributed by atoms with Crippen molar-refractivity contribution in [2.24, 2.45) is 0 Å². The molecule has 0 bridgehead atoms. The van der Waals surface area contributed by atoms with Gasteiger partial charge in [0.25, 0.3) is 0 Å². The lowest BCUT2D eigenvalue weighted by Gasteiger charge is -2.12. The predicted octanol–water partition coefficient (Wildman–Crippen LogP) is 6.25. The average molecular weight is 497 g/mol. The fraction of sp³-hybridized carbons (Fsp3) is 0.231. The first-order valence-electron chi connectivity index (χ1n) is 10.5. The molecule has 3 rings (SSSR count). The molecule has 0 fully saturated rings. The number of unbranched alkanes of at least 4 members (excludes halogenated alkanes) is 1. The van der Waals surface area contributed by atoms with Crippen LogP contribution in [0.2, 0.25) is 0 Å². The van der Waals surface area contributed by atoms with E-state index < -0.39 is 11.9 Å². The van der Waals surface area contributed by atoms with Gasteiger partial charge in [0.1, 0.15) is 17.1 Å². The number of rotatable bonds is 10. The summed E-state index contributed by atoms with van der Waals surface area (Å²) in [6.45, 7) is 2.85. The maximum atomic E-state index is 12.8. The minimum atomic E-state index is -0.542. The Kier molecular flexibility index (Phi) is 8.87. The summed E-state index contributed by atoms with van der Waals surface area (Å²) in [6.07, 6.45) is 2.50. The van der Waals surface area contributed by atoms with E-state index in [1.54, 1.807) is 36.4 Å². The third-order valence-corrected chi connectivity index (χ3v) is 5.18. The molecule has 0 radical (unpaired) electrons. The van der Waals surface area contributed by atoms with E-state index in [2.05, 4.69) is 15.9 Å². The van der Waals surface area contributed by atoms with E-state index in [0.29, 0.717) is 35.8 Å². The molecule has 32 heavy (non-hydrogen) atoms. The van der Waals surface area contributed by atoms with Crippen LogP contribution in [0.3, 0.4) is 0 Å². The van der Waals surface area contributed by atoms with E-state index in [1.807, 2.05) is 43.3 Å². The lowest BCUT2D eigenvalue weighted by Crippen LogP contribution is -2.12. The highest BCUT2D eigenvalue weighted by molar-refractivity contribution is 9.10. The minimum Gasteiger partial charge on any atom is -0.492 e. The number of hydrogen-bond donors (Lipinski definition) is 0. The van der Waals surface area contributed by atoms with Gasteiger partial charge in [0.2, 0.25) is 0 Å². The Balaban J connectivity index is 1.62. The fourth-order valence-electron chi connectivity index (χ4n) is 2.92. The molecule has 0 aromatic heterocycles. The Bertz CT molecular complexity index is 1030. The van der Waals surface area contributed by atoms with Crippen LogP contribution < -0.4 is 9.47 Å². The second-order valence-corrected chi connectivity index (χ2v) is 8.04. The van der Waals surface area contributed by atoms with Crippen LogP contribution in [0.15, 0.2) is 77.3 Å². The van der Waals surface area contributed by atoms with E-state index in [-0.39, 0.29) is 0 Å². The van der Waals surface area contributed by atoms with Crippen molar-refractivity contribution < 1.29 is 23.8 Å². The largest absolute Gasteiger partial charge is 0.492 e. The van der Waals surface area contributed by atoms with Gasteiger partial charge in [0, 0.05) is 10.9 Å². The first-order valence-corrected chi connectivity index (χ1v) is 11.3. The third-order valence-electron chi connectivity index (χ3n) is 4.68. The van der Waals surface area contributed by atoms with Gasteiger partial charge in [0.05, 0.1) is 18.8 Å². The van der Waals surface area contributed by atoms with Crippen molar-refractivity contribution in [3.63, 3.8) is 0 Å². The van der Waals surface area contributed by atoms with Crippen molar-refractivity contribution in [2.75, 3.05) is 13.2 Å². The maximum absolute atomic E-state index is 12.8. The first kappa shape index (κ1) is 23.5. The SMILES string of the molecule is CCCCOC(=O)c1ccc(OC(=O)c2cc(Br)ccc2OCCc2ccccc2)cc1. The summed E-state index contributed by atoms with van der Waals surface area (Å²) in [5, 5.41) is 0. The molecule has 3 aromatic rings. The number of benzene rings is 3. The van der Waals surface area contributed by atoms with E-state index in [1.165, 1.54) is 0 Å². The van der Waals surface area contributed by atoms with E-state index in [0.717, 1.165) is 29.3 Å². The average Bonchev–Trinajstić information content (AvgIpc) is 2.81. The van der Waals surface area contributed by atoms with Gasteiger partial charge < -0.3 is 14.2 Å². The Morgan fingerprint density at radius 3 is 2.34 bits per heavy atom. The summed E-state index contributed by atoms with van der Waals surface area (Å²) in [4.78, 5) is 24.8. The molecule has 0 aliphatic carbocycles. The van der Waals surface area contributed by atoms with Crippen LogP contribution >= 0.6 is 15.9 Å². The number of esters is 2. The first-order chi connectivity index (χ1) is 15.6. The van der Waals surface area contributed by atoms with Crippen LogP contribution in [0.5, 0.6) is 11.5 Å². The van der Waals surface area contributed by atoms with E-state index in [4.69, 9.17) is 14.2 Å². The third kappa shape index (κ3) is 6.95. The van der Waals surface area contributed by atoms with Crippen molar-refractivity contribution >= 4 is 27.9 Å². The Morgan fingerprint density at radius 2 is 1.62 bits per heavy atom. The Morgan fingerprint density at radius 1 is 0.875 bits per heavy atom. The van der Waals surface area contributed by atoms with Crippen LogP contribution in [-0.4, -0.2) is 25.2 Å². The lowest BCUT2D eigenvalue weighted by atomic mass is 10.1. The quantitative estimate of drug-likeness (QED) is 0.188. The number of halogens is 1. The van der Waals surface area contributed by atoms with Gasteiger partial charge in [-0.2, -0.15) is 0 Å². The molecule has 0 saturated carbocycles. The molecule has 0 aliphatic heterocycles. The Labute approximate surface area is 196 Å². The van der Waals surface area contributed by atoms with Gasteiger partial charge in [-0.1, -0.05) is 59.6 Å². The molecule has 0 saturated heterocycles. The van der Waals surface area contributed by atoms with Gasteiger partial charge >= 0.3 is 11.9 Å². The molecule has 166 valence electrons. The molecule has 5 nitrogen and oxygen atoms in total. The molecular weight excluding hydrogens is 472 g/mol. The van der Waals surface area contributed by atoms with Crippen molar-refractivity contribution in [1.29, 1.82) is 0 Å². The molecular formula is C26H25BrO5.